The summed E-state index contributed by atoms with van der Waals surface area (Å²) < 4.78 is 31.9. The van der Waals surface area contributed by atoms with Crippen LogP contribution in [-0.2, 0) is 21.3 Å². The number of hydrogen-bond donors (Lipinski definition) is 2. The molecule has 0 amide bonds. The van der Waals surface area contributed by atoms with Gasteiger partial charge in [-0.15, -0.1) is 0 Å². The molecule has 0 spiro atoms. The molecule has 19 heavy (non-hydrogen) atoms. The molecule has 0 saturated carbocycles. The third-order valence-electron chi connectivity index (χ3n) is 2.97. The summed E-state index contributed by atoms with van der Waals surface area (Å²) in [7, 11) is -1.83. The Morgan fingerprint density at radius 3 is 2.68 bits per heavy atom. The second-order valence-corrected chi connectivity index (χ2v) is 6.08. The van der Waals surface area contributed by atoms with E-state index in [2.05, 4.69) is 4.72 Å². The third-order valence-corrected chi connectivity index (χ3v) is 4.58. The van der Waals surface area contributed by atoms with Gasteiger partial charge in [0.15, 0.2) is 0 Å². The summed E-state index contributed by atoms with van der Waals surface area (Å²) in [5.41, 5.74) is 7.16. The molecule has 3 N–H and O–H groups in total. The first-order chi connectivity index (χ1) is 9.03. The summed E-state index contributed by atoms with van der Waals surface area (Å²) >= 11 is 0. The highest BCUT2D eigenvalue weighted by Gasteiger charge is 2.17. The molecule has 1 rings (SSSR count). The molecule has 0 aromatic heterocycles. The molecule has 1 aromatic carbocycles. The highest BCUT2D eigenvalue weighted by molar-refractivity contribution is 7.89. The van der Waals surface area contributed by atoms with Crippen molar-refractivity contribution in [1.29, 1.82) is 0 Å². The van der Waals surface area contributed by atoms with Gasteiger partial charge in [-0.1, -0.05) is 12.1 Å². The van der Waals surface area contributed by atoms with Gasteiger partial charge in [0.25, 0.3) is 0 Å². The molecule has 1 aromatic rings. The van der Waals surface area contributed by atoms with Crippen LogP contribution in [-0.4, -0.2) is 28.7 Å². The predicted octanol–water partition coefficient (Wildman–Crippen LogP) is 1.16. The number of nitrogens with two attached hydrogens (primary N) is 1. The maximum Gasteiger partial charge on any atom is 0.240 e. The zero-order valence-electron chi connectivity index (χ0n) is 11.5. The molecule has 0 bridgehead atoms. The lowest BCUT2D eigenvalue weighted by Crippen LogP contribution is -2.26. The van der Waals surface area contributed by atoms with Crippen LogP contribution in [0.1, 0.15) is 24.0 Å². The van der Waals surface area contributed by atoms with Crippen molar-refractivity contribution in [3.8, 4) is 0 Å². The van der Waals surface area contributed by atoms with Crippen LogP contribution < -0.4 is 10.5 Å². The summed E-state index contributed by atoms with van der Waals surface area (Å²) in [4.78, 5) is 0.308. The quantitative estimate of drug-likeness (QED) is 0.703. The van der Waals surface area contributed by atoms with Crippen molar-refractivity contribution in [2.24, 2.45) is 5.73 Å². The number of benzene rings is 1. The summed E-state index contributed by atoms with van der Waals surface area (Å²) in [6.07, 6.45) is 1.59. The van der Waals surface area contributed by atoms with Crippen LogP contribution in [0.25, 0.3) is 0 Å². The van der Waals surface area contributed by atoms with E-state index < -0.39 is 10.0 Å². The van der Waals surface area contributed by atoms with Gasteiger partial charge in [-0.25, -0.2) is 13.1 Å². The van der Waals surface area contributed by atoms with Crippen molar-refractivity contribution in [3.05, 3.63) is 29.3 Å². The third kappa shape index (κ3) is 4.58. The second-order valence-electron chi connectivity index (χ2n) is 4.34. The van der Waals surface area contributed by atoms with Gasteiger partial charge < -0.3 is 10.5 Å². The summed E-state index contributed by atoms with van der Waals surface area (Å²) in [6, 6.07) is 5.16. The van der Waals surface area contributed by atoms with Gasteiger partial charge in [-0.2, -0.15) is 0 Å². The molecule has 0 heterocycles. The zero-order valence-corrected chi connectivity index (χ0v) is 12.3. The Bertz CT molecular complexity index is 501. The number of rotatable bonds is 8. The monoisotopic (exact) mass is 286 g/mol. The molecule has 0 unspecified atom stereocenters. The Morgan fingerprint density at radius 2 is 2.05 bits per heavy atom. The van der Waals surface area contributed by atoms with Crippen molar-refractivity contribution >= 4 is 10.0 Å². The number of nitrogens with one attached hydrogen (secondary N) is 1. The van der Waals surface area contributed by atoms with Crippen molar-refractivity contribution in [3.63, 3.8) is 0 Å². The van der Waals surface area contributed by atoms with E-state index in [1.807, 2.05) is 6.07 Å². The second kappa shape index (κ2) is 7.59. The molecule has 108 valence electrons. The number of sulfonamides is 1. The molecule has 0 atom stereocenters. The lowest BCUT2D eigenvalue weighted by molar-refractivity contribution is 0.193. The molecule has 0 saturated heterocycles. The highest BCUT2D eigenvalue weighted by atomic mass is 32.2. The van der Waals surface area contributed by atoms with Gasteiger partial charge >= 0.3 is 0 Å². The SMILES string of the molecule is COCCCCNS(=O)(=O)c1cccc(CN)c1C. The van der Waals surface area contributed by atoms with Crippen molar-refractivity contribution in [2.45, 2.75) is 31.2 Å². The molecule has 0 fully saturated rings. The van der Waals surface area contributed by atoms with Crippen molar-refractivity contribution in [1.82, 2.24) is 4.72 Å². The normalized spacial score (nSPS) is 11.7. The highest BCUT2D eigenvalue weighted by Crippen LogP contribution is 2.18. The van der Waals surface area contributed by atoms with Gasteiger partial charge in [-0.05, 0) is 37.0 Å². The van der Waals surface area contributed by atoms with Crippen molar-refractivity contribution < 1.29 is 13.2 Å². The fourth-order valence-electron chi connectivity index (χ4n) is 1.83. The van der Waals surface area contributed by atoms with Crippen LogP contribution in [0.2, 0.25) is 0 Å². The van der Waals surface area contributed by atoms with Gasteiger partial charge in [0, 0.05) is 26.8 Å². The number of ether oxygens (including phenoxy) is 1. The topological polar surface area (TPSA) is 81.4 Å². The lowest BCUT2D eigenvalue weighted by Gasteiger charge is -2.11. The molecule has 6 heteroatoms. The summed E-state index contributed by atoms with van der Waals surface area (Å²) in [6.45, 7) is 3.17. The minimum absolute atomic E-state index is 0.308. The molecular formula is C13H22N2O3S. The molecular weight excluding hydrogens is 264 g/mol. The maximum atomic E-state index is 12.2. The summed E-state index contributed by atoms with van der Waals surface area (Å²) in [5.74, 6) is 0. The Hall–Kier alpha value is -0.950. The van der Waals surface area contributed by atoms with Crippen LogP contribution in [0.4, 0.5) is 0 Å². The van der Waals surface area contributed by atoms with E-state index in [-0.39, 0.29) is 0 Å². The number of unbranched alkanes of at least 4 members (excludes halogenated alkanes) is 1. The number of methoxy groups -OCH3 is 1. The molecule has 0 aliphatic rings. The first-order valence-corrected chi connectivity index (χ1v) is 7.78. The molecule has 0 aliphatic heterocycles. The van der Waals surface area contributed by atoms with Gasteiger partial charge in [0.1, 0.15) is 0 Å². The minimum atomic E-state index is -3.46. The average Bonchev–Trinajstić information content (AvgIpc) is 2.38. The van der Waals surface area contributed by atoms with Crippen LogP contribution in [0.5, 0.6) is 0 Å². The van der Waals surface area contributed by atoms with E-state index in [0.717, 1.165) is 24.0 Å². The Morgan fingerprint density at radius 1 is 1.32 bits per heavy atom. The molecule has 0 aliphatic carbocycles. The molecule has 5 nitrogen and oxygen atoms in total. The van der Waals surface area contributed by atoms with Crippen molar-refractivity contribution in [2.75, 3.05) is 20.3 Å². The smallest absolute Gasteiger partial charge is 0.240 e. The van der Waals surface area contributed by atoms with E-state index >= 15 is 0 Å². The van der Waals surface area contributed by atoms with E-state index in [1.165, 1.54) is 0 Å². The van der Waals surface area contributed by atoms with Crippen LogP contribution in [0.15, 0.2) is 23.1 Å². The fourth-order valence-corrected chi connectivity index (χ4v) is 3.19. The summed E-state index contributed by atoms with van der Waals surface area (Å²) in [5, 5.41) is 0. The average molecular weight is 286 g/mol. The largest absolute Gasteiger partial charge is 0.385 e. The van der Waals surface area contributed by atoms with Gasteiger partial charge in [0.05, 0.1) is 4.90 Å². The first kappa shape index (κ1) is 16.1. The predicted molar refractivity (Wildman–Crippen MR) is 75.4 cm³/mol. The van der Waals surface area contributed by atoms with E-state index in [1.54, 1.807) is 26.2 Å². The van der Waals surface area contributed by atoms with Crippen LogP contribution >= 0.6 is 0 Å². The minimum Gasteiger partial charge on any atom is -0.385 e. The van der Waals surface area contributed by atoms with E-state index in [9.17, 15) is 8.42 Å². The molecule has 0 radical (unpaired) electrons. The standard InChI is InChI=1S/C13H22N2O3S/c1-11-12(10-14)6-5-7-13(11)19(16,17)15-8-3-4-9-18-2/h5-7,15H,3-4,8-10,14H2,1-2H3. The Kier molecular flexibility index (Phi) is 6.44. The van der Waals surface area contributed by atoms with Gasteiger partial charge in [-0.3, -0.25) is 0 Å². The van der Waals surface area contributed by atoms with Crippen LogP contribution in [0, 0.1) is 6.92 Å². The Labute approximate surface area is 115 Å². The van der Waals surface area contributed by atoms with E-state index in [0.29, 0.717) is 24.6 Å². The maximum absolute atomic E-state index is 12.2. The fraction of sp³-hybridized carbons (Fsp3) is 0.538. The lowest BCUT2D eigenvalue weighted by atomic mass is 10.1. The number of hydrogen-bond acceptors (Lipinski definition) is 4. The van der Waals surface area contributed by atoms with Crippen LogP contribution in [0.3, 0.4) is 0 Å². The van der Waals surface area contributed by atoms with E-state index in [4.69, 9.17) is 10.5 Å². The van der Waals surface area contributed by atoms with Gasteiger partial charge in [0.2, 0.25) is 10.0 Å². The Balaban J connectivity index is 2.72. The zero-order chi connectivity index (χ0) is 14.3. The first-order valence-electron chi connectivity index (χ1n) is 6.30.